The Labute approximate surface area is 87.6 Å². The van der Waals surface area contributed by atoms with E-state index in [0.29, 0.717) is 0 Å². The van der Waals surface area contributed by atoms with Crippen molar-refractivity contribution in [3.05, 3.63) is 34.9 Å². The zero-order valence-electron chi connectivity index (χ0n) is 7.86. The first kappa shape index (κ1) is 10.8. The molecule has 0 aromatic heterocycles. The molecule has 0 atom stereocenters. The van der Waals surface area contributed by atoms with Gasteiger partial charge in [0, 0.05) is 6.07 Å². The third-order valence-electron chi connectivity index (χ3n) is 2.56. The van der Waals surface area contributed by atoms with Gasteiger partial charge in [0.2, 0.25) is 6.08 Å². The third kappa shape index (κ3) is 1.42. The number of hydrogen-bond donors (Lipinski definition) is 0. The van der Waals surface area contributed by atoms with Gasteiger partial charge >= 0.3 is 0 Å². The predicted molar refractivity (Wildman–Crippen MR) is 45.3 cm³/mol. The van der Waals surface area contributed by atoms with Crippen LogP contribution in [-0.4, -0.2) is 6.08 Å². The van der Waals surface area contributed by atoms with Crippen molar-refractivity contribution in [3.63, 3.8) is 0 Å². The van der Waals surface area contributed by atoms with Crippen molar-refractivity contribution in [2.24, 2.45) is 4.99 Å². The maximum absolute atomic E-state index is 13.3. The lowest BCUT2D eigenvalue weighted by atomic mass is 10.0. The van der Waals surface area contributed by atoms with Crippen LogP contribution >= 0.6 is 0 Å². The highest BCUT2D eigenvalue weighted by Gasteiger charge is 2.50. The van der Waals surface area contributed by atoms with Crippen LogP contribution in [0.5, 0.6) is 0 Å². The minimum Gasteiger partial charge on any atom is -0.211 e. The molecule has 0 amide bonds. The maximum atomic E-state index is 13.3. The topological polar surface area (TPSA) is 29.4 Å². The van der Waals surface area contributed by atoms with Crippen LogP contribution in [0.3, 0.4) is 0 Å². The molecule has 16 heavy (non-hydrogen) atoms. The molecule has 84 valence electrons. The Morgan fingerprint density at radius 1 is 1.12 bits per heavy atom. The summed E-state index contributed by atoms with van der Waals surface area (Å²) >= 11 is 0. The third-order valence-corrected chi connectivity index (χ3v) is 2.56. The normalized spacial score (nSPS) is 16.8. The Bertz CT molecular complexity index is 478. The SMILES string of the molecule is O=C=NC1(c2c(F)c(F)cc(F)c2F)CC1. The monoisotopic (exact) mass is 231 g/mol. The van der Waals surface area contributed by atoms with E-state index in [-0.39, 0.29) is 18.9 Å². The second kappa shape index (κ2) is 3.42. The Kier molecular flexibility index (Phi) is 2.31. The van der Waals surface area contributed by atoms with Gasteiger partial charge < -0.3 is 0 Å². The van der Waals surface area contributed by atoms with Crippen molar-refractivity contribution >= 4 is 6.08 Å². The molecule has 1 aliphatic rings. The predicted octanol–water partition coefficient (Wildman–Crippen LogP) is 2.57. The molecule has 0 saturated heterocycles. The number of carbonyl (C=O) groups excluding carboxylic acids is 1. The van der Waals surface area contributed by atoms with Crippen LogP contribution < -0.4 is 0 Å². The summed E-state index contributed by atoms with van der Waals surface area (Å²) in [6.07, 6.45) is 1.49. The van der Waals surface area contributed by atoms with Gasteiger partial charge in [-0.2, -0.15) is 4.99 Å². The van der Waals surface area contributed by atoms with Gasteiger partial charge in [0.25, 0.3) is 0 Å². The van der Waals surface area contributed by atoms with Gasteiger partial charge in [0.05, 0.1) is 5.56 Å². The maximum Gasteiger partial charge on any atom is 0.235 e. The van der Waals surface area contributed by atoms with Crippen molar-refractivity contribution < 1.29 is 22.4 Å². The van der Waals surface area contributed by atoms with Crippen molar-refractivity contribution in [1.29, 1.82) is 0 Å². The molecular formula is C10H5F4NO. The lowest BCUT2D eigenvalue weighted by Crippen LogP contribution is -2.12. The molecule has 0 radical (unpaired) electrons. The average molecular weight is 231 g/mol. The molecule has 0 aliphatic heterocycles. The van der Waals surface area contributed by atoms with Gasteiger partial charge in [-0.05, 0) is 12.8 Å². The first-order chi connectivity index (χ1) is 7.52. The molecule has 1 aromatic rings. The molecule has 1 aromatic carbocycles. The number of aliphatic imine (C=N–C) groups is 1. The van der Waals surface area contributed by atoms with Crippen molar-refractivity contribution in [2.75, 3.05) is 0 Å². The van der Waals surface area contributed by atoms with Crippen LogP contribution in [0.15, 0.2) is 11.1 Å². The summed E-state index contributed by atoms with van der Waals surface area (Å²) < 4.78 is 52.5. The largest absolute Gasteiger partial charge is 0.235 e. The van der Waals surface area contributed by atoms with E-state index < -0.39 is 34.4 Å². The number of benzene rings is 1. The zero-order chi connectivity index (χ0) is 11.9. The Hall–Kier alpha value is -1.68. The molecule has 0 heterocycles. The van der Waals surface area contributed by atoms with E-state index in [2.05, 4.69) is 4.99 Å². The van der Waals surface area contributed by atoms with Crippen LogP contribution in [-0.2, 0) is 10.3 Å². The molecule has 2 nitrogen and oxygen atoms in total. The molecule has 6 heteroatoms. The quantitative estimate of drug-likeness (QED) is 0.333. The molecule has 2 rings (SSSR count). The first-order valence-electron chi connectivity index (χ1n) is 4.44. The van der Waals surface area contributed by atoms with Crippen LogP contribution in [0.25, 0.3) is 0 Å². The van der Waals surface area contributed by atoms with Crippen LogP contribution in [0.2, 0.25) is 0 Å². The number of halogens is 4. The number of rotatable bonds is 2. The van der Waals surface area contributed by atoms with E-state index in [1.165, 1.54) is 0 Å². The van der Waals surface area contributed by atoms with Gasteiger partial charge in [-0.1, -0.05) is 0 Å². The molecular weight excluding hydrogens is 226 g/mol. The summed E-state index contributed by atoms with van der Waals surface area (Å²) in [7, 11) is 0. The minimum absolute atomic E-state index is 0.120. The fourth-order valence-electron chi connectivity index (χ4n) is 1.61. The summed E-state index contributed by atoms with van der Waals surface area (Å²) in [4.78, 5) is 13.3. The Balaban J connectivity index is 2.69. The van der Waals surface area contributed by atoms with Gasteiger partial charge in [-0.25, -0.2) is 22.4 Å². The van der Waals surface area contributed by atoms with E-state index in [1.807, 2.05) is 0 Å². The second-order valence-corrected chi connectivity index (χ2v) is 3.58. The molecule has 1 aliphatic carbocycles. The lowest BCUT2D eigenvalue weighted by Gasteiger charge is -2.11. The standard InChI is InChI=1S/C10H5F4NO/c11-5-3-6(12)9(14)7(8(5)13)10(1-2-10)15-4-16/h3H,1-2H2. The van der Waals surface area contributed by atoms with E-state index in [1.54, 1.807) is 0 Å². The van der Waals surface area contributed by atoms with E-state index in [4.69, 9.17) is 0 Å². The van der Waals surface area contributed by atoms with Crippen LogP contribution in [0, 0.1) is 23.3 Å². The first-order valence-corrected chi connectivity index (χ1v) is 4.44. The number of nitrogens with zero attached hydrogens (tertiary/aromatic N) is 1. The molecule has 1 saturated carbocycles. The van der Waals surface area contributed by atoms with Gasteiger partial charge in [0.15, 0.2) is 23.3 Å². The number of isocyanates is 1. The van der Waals surface area contributed by atoms with Gasteiger partial charge in [-0.3, -0.25) is 0 Å². The van der Waals surface area contributed by atoms with Crippen LogP contribution in [0.4, 0.5) is 17.6 Å². The fraction of sp³-hybridized carbons (Fsp3) is 0.300. The molecule has 0 bridgehead atoms. The van der Waals surface area contributed by atoms with Gasteiger partial charge in [-0.15, -0.1) is 0 Å². The minimum atomic E-state index is -1.50. The highest BCUT2D eigenvalue weighted by Crippen LogP contribution is 2.51. The smallest absolute Gasteiger partial charge is 0.211 e. The Morgan fingerprint density at radius 3 is 2.00 bits per heavy atom. The summed E-state index contributed by atoms with van der Waals surface area (Å²) in [6, 6.07) is 0.120. The molecule has 0 unspecified atom stereocenters. The van der Waals surface area contributed by atoms with Crippen molar-refractivity contribution in [2.45, 2.75) is 18.4 Å². The van der Waals surface area contributed by atoms with Crippen molar-refractivity contribution in [1.82, 2.24) is 0 Å². The number of hydrogen-bond acceptors (Lipinski definition) is 2. The second-order valence-electron chi connectivity index (χ2n) is 3.58. The summed E-state index contributed by atoms with van der Waals surface area (Å²) in [5, 5.41) is 0. The van der Waals surface area contributed by atoms with Gasteiger partial charge in [0.1, 0.15) is 5.54 Å². The zero-order valence-corrected chi connectivity index (χ0v) is 7.86. The lowest BCUT2D eigenvalue weighted by molar-refractivity contribution is 0.423. The Morgan fingerprint density at radius 2 is 1.62 bits per heavy atom. The fourth-order valence-corrected chi connectivity index (χ4v) is 1.61. The highest BCUT2D eigenvalue weighted by molar-refractivity contribution is 5.42. The average Bonchev–Trinajstić information content (AvgIpc) is 2.97. The summed E-state index contributed by atoms with van der Waals surface area (Å²) in [6.45, 7) is 0. The molecule has 0 spiro atoms. The van der Waals surface area contributed by atoms with Crippen molar-refractivity contribution in [3.8, 4) is 0 Å². The van der Waals surface area contributed by atoms with E-state index in [0.717, 1.165) is 6.08 Å². The summed E-state index contributed by atoms with van der Waals surface area (Å²) in [5.74, 6) is -6.01. The molecule has 0 N–H and O–H groups in total. The van der Waals surface area contributed by atoms with E-state index in [9.17, 15) is 22.4 Å². The summed E-state index contributed by atoms with van der Waals surface area (Å²) in [5.41, 5.74) is -2.30. The van der Waals surface area contributed by atoms with E-state index >= 15 is 0 Å². The van der Waals surface area contributed by atoms with Crippen LogP contribution in [0.1, 0.15) is 18.4 Å². The molecule has 1 fully saturated rings. The highest BCUT2D eigenvalue weighted by atomic mass is 19.2.